The van der Waals surface area contributed by atoms with E-state index in [-0.39, 0.29) is 23.3 Å². The number of rotatable bonds is 7. The molecule has 0 aliphatic carbocycles. The average Bonchev–Trinajstić information content (AvgIpc) is 2.43. The standard InChI is InChI=1S/C12H13N3O5S/c13-7-8-2-1-3-9(6-8)21(19,20)15-10(12(17)18)4-5-11(14)16/h1-3,6,10,15H,4-5H2,(H2,14,16)(H,17,18)/t10-/m1/s1. The molecule has 9 heteroatoms. The van der Waals surface area contributed by atoms with Gasteiger partial charge in [-0.2, -0.15) is 9.98 Å². The Morgan fingerprint density at radius 1 is 1.43 bits per heavy atom. The molecule has 0 aromatic heterocycles. The first kappa shape index (κ1) is 16.6. The molecule has 0 radical (unpaired) electrons. The lowest BCUT2D eigenvalue weighted by Gasteiger charge is -2.14. The fourth-order valence-corrected chi connectivity index (χ4v) is 2.78. The quantitative estimate of drug-likeness (QED) is 0.620. The number of amides is 1. The number of carboxylic acid groups (broad SMARTS) is 1. The van der Waals surface area contributed by atoms with Crippen molar-refractivity contribution in [3.63, 3.8) is 0 Å². The van der Waals surface area contributed by atoms with Gasteiger partial charge in [-0.15, -0.1) is 0 Å². The van der Waals surface area contributed by atoms with Crippen LogP contribution in [0.4, 0.5) is 0 Å². The van der Waals surface area contributed by atoms with Gasteiger partial charge in [-0.3, -0.25) is 9.59 Å². The summed E-state index contributed by atoms with van der Waals surface area (Å²) in [6, 6.07) is 5.44. The first-order valence-corrected chi connectivity index (χ1v) is 7.28. The third-order valence-electron chi connectivity index (χ3n) is 2.55. The maximum Gasteiger partial charge on any atom is 0.321 e. The summed E-state index contributed by atoms with van der Waals surface area (Å²) in [5.41, 5.74) is 5.04. The first-order valence-electron chi connectivity index (χ1n) is 5.80. The van der Waals surface area contributed by atoms with E-state index < -0.39 is 27.9 Å². The Balaban J connectivity index is 2.98. The van der Waals surface area contributed by atoms with Gasteiger partial charge in [0, 0.05) is 6.42 Å². The normalized spacial score (nSPS) is 12.3. The minimum atomic E-state index is -4.12. The number of primary amides is 1. The highest BCUT2D eigenvalue weighted by molar-refractivity contribution is 7.89. The highest BCUT2D eigenvalue weighted by Crippen LogP contribution is 2.12. The van der Waals surface area contributed by atoms with Gasteiger partial charge in [-0.05, 0) is 24.6 Å². The molecule has 0 aliphatic rings. The zero-order chi connectivity index (χ0) is 16.0. The van der Waals surface area contributed by atoms with Crippen molar-refractivity contribution >= 4 is 21.9 Å². The van der Waals surface area contributed by atoms with E-state index in [1.165, 1.54) is 18.2 Å². The molecule has 112 valence electrons. The van der Waals surface area contributed by atoms with Crippen molar-refractivity contribution in [3.05, 3.63) is 29.8 Å². The first-order chi connectivity index (χ1) is 9.76. The second-order valence-corrected chi connectivity index (χ2v) is 5.87. The van der Waals surface area contributed by atoms with Gasteiger partial charge in [0.15, 0.2) is 0 Å². The second kappa shape index (κ2) is 6.83. The highest BCUT2D eigenvalue weighted by atomic mass is 32.2. The van der Waals surface area contributed by atoms with E-state index in [1.54, 1.807) is 6.07 Å². The Bertz CT molecular complexity index is 693. The molecule has 1 atom stereocenters. The minimum absolute atomic E-state index is 0.127. The Morgan fingerprint density at radius 3 is 2.62 bits per heavy atom. The lowest BCUT2D eigenvalue weighted by Crippen LogP contribution is -2.41. The van der Waals surface area contributed by atoms with E-state index in [1.807, 2.05) is 4.72 Å². The molecule has 0 fully saturated rings. The third-order valence-corrected chi connectivity index (χ3v) is 4.02. The molecule has 0 bridgehead atoms. The molecular formula is C12H13N3O5S. The lowest BCUT2D eigenvalue weighted by atomic mass is 10.2. The summed E-state index contributed by atoms with van der Waals surface area (Å²) in [5.74, 6) is -2.15. The molecule has 21 heavy (non-hydrogen) atoms. The number of benzene rings is 1. The van der Waals surface area contributed by atoms with Crippen LogP contribution >= 0.6 is 0 Å². The fourth-order valence-electron chi connectivity index (χ4n) is 1.51. The van der Waals surface area contributed by atoms with Crippen LogP contribution in [0.3, 0.4) is 0 Å². The number of nitrogens with zero attached hydrogens (tertiary/aromatic N) is 1. The number of hydrogen-bond acceptors (Lipinski definition) is 5. The van der Waals surface area contributed by atoms with E-state index >= 15 is 0 Å². The van der Waals surface area contributed by atoms with Crippen molar-refractivity contribution in [1.82, 2.24) is 4.72 Å². The van der Waals surface area contributed by atoms with Crippen molar-refractivity contribution in [2.24, 2.45) is 5.73 Å². The maximum absolute atomic E-state index is 12.1. The monoisotopic (exact) mass is 311 g/mol. The Morgan fingerprint density at radius 2 is 2.10 bits per heavy atom. The van der Waals surface area contributed by atoms with E-state index in [9.17, 15) is 18.0 Å². The van der Waals surface area contributed by atoms with Crippen molar-refractivity contribution in [2.75, 3.05) is 0 Å². The molecule has 0 unspecified atom stereocenters. The zero-order valence-corrected chi connectivity index (χ0v) is 11.6. The van der Waals surface area contributed by atoms with Gasteiger partial charge in [0.2, 0.25) is 15.9 Å². The maximum atomic E-state index is 12.1. The molecule has 1 rings (SSSR count). The summed E-state index contributed by atoms with van der Waals surface area (Å²) in [4.78, 5) is 21.4. The van der Waals surface area contributed by atoms with E-state index in [0.717, 1.165) is 6.07 Å². The van der Waals surface area contributed by atoms with E-state index in [4.69, 9.17) is 16.1 Å². The summed E-state index contributed by atoms with van der Waals surface area (Å²) in [6.07, 6.45) is -0.528. The molecule has 8 nitrogen and oxygen atoms in total. The minimum Gasteiger partial charge on any atom is -0.480 e. The Labute approximate surface area is 121 Å². The Kier molecular flexibility index (Phi) is 5.40. The molecule has 0 heterocycles. The SMILES string of the molecule is N#Cc1cccc(S(=O)(=O)N[C@H](CCC(N)=O)C(=O)O)c1. The number of hydrogen-bond donors (Lipinski definition) is 3. The molecule has 4 N–H and O–H groups in total. The lowest BCUT2D eigenvalue weighted by molar-refractivity contribution is -0.139. The second-order valence-electron chi connectivity index (χ2n) is 4.16. The zero-order valence-electron chi connectivity index (χ0n) is 10.8. The molecule has 0 spiro atoms. The average molecular weight is 311 g/mol. The molecule has 0 aliphatic heterocycles. The molecule has 1 aromatic rings. The number of carboxylic acids is 1. The predicted octanol–water partition coefficient (Wildman–Crippen LogP) is -0.445. The largest absolute Gasteiger partial charge is 0.480 e. The molecule has 0 saturated heterocycles. The van der Waals surface area contributed by atoms with Gasteiger partial charge in [0.05, 0.1) is 16.5 Å². The Hall–Kier alpha value is -2.44. The summed E-state index contributed by atoms with van der Waals surface area (Å²) < 4.78 is 26.1. The van der Waals surface area contributed by atoms with Crippen LogP contribution in [0.5, 0.6) is 0 Å². The van der Waals surface area contributed by atoms with Gasteiger partial charge in [0.1, 0.15) is 6.04 Å². The van der Waals surface area contributed by atoms with Gasteiger partial charge in [-0.1, -0.05) is 6.07 Å². The van der Waals surface area contributed by atoms with E-state index in [0.29, 0.717) is 0 Å². The van der Waals surface area contributed by atoms with Crippen LogP contribution in [0.15, 0.2) is 29.2 Å². The van der Waals surface area contributed by atoms with Gasteiger partial charge in [0.25, 0.3) is 0 Å². The van der Waals surface area contributed by atoms with Crippen LogP contribution in [-0.2, 0) is 19.6 Å². The number of aliphatic carboxylic acids is 1. The number of nitrogens with two attached hydrogens (primary N) is 1. The van der Waals surface area contributed by atoms with E-state index in [2.05, 4.69) is 0 Å². The van der Waals surface area contributed by atoms with Gasteiger partial charge >= 0.3 is 5.97 Å². The summed E-state index contributed by atoms with van der Waals surface area (Å²) in [6.45, 7) is 0. The number of nitriles is 1. The molecule has 1 aromatic carbocycles. The topological polar surface area (TPSA) is 150 Å². The smallest absolute Gasteiger partial charge is 0.321 e. The third kappa shape index (κ3) is 4.87. The highest BCUT2D eigenvalue weighted by Gasteiger charge is 2.25. The molecule has 1 amide bonds. The summed E-state index contributed by atoms with van der Waals surface area (Å²) in [7, 11) is -4.12. The van der Waals surface area contributed by atoms with Crippen molar-refractivity contribution in [2.45, 2.75) is 23.8 Å². The van der Waals surface area contributed by atoms with Crippen molar-refractivity contribution in [3.8, 4) is 6.07 Å². The van der Waals surface area contributed by atoms with Crippen LogP contribution < -0.4 is 10.5 Å². The summed E-state index contributed by atoms with van der Waals surface area (Å²) in [5, 5.41) is 17.7. The van der Waals surface area contributed by atoms with Gasteiger partial charge in [-0.25, -0.2) is 8.42 Å². The van der Waals surface area contributed by atoms with Crippen molar-refractivity contribution < 1.29 is 23.1 Å². The fraction of sp³-hybridized carbons (Fsp3) is 0.250. The van der Waals surface area contributed by atoms with Crippen LogP contribution in [0, 0.1) is 11.3 Å². The number of nitrogens with one attached hydrogen (secondary N) is 1. The van der Waals surface area contributed by atoms with Crippen LogP contribution in [-0.4, -0.2) is 31.4 Å². The van der Waals surface area contributed by atoms with Crippen LogP contribution in [0.25, 0.3) is 0 Å². The molecule has 0 saturated carbocycles. The molecular weight excluding hydrogens is 298 g/mol. The number of carbonyl (C=O) groups excluding carboxylic acids is 1. The summed E-state index contributed by atoms with van der Waals surface area (Å²) >= 11 is 0. The van der Waals surface area contributed by atoms with Crippen molar-refractivity contribution in [1.29, 1.82) is 5.26 Å². The predicted molar refractivity (Wildman–Crippen MR) is 71.3 cm³/mol. The number of carbonyl (C=O) groups is 2. The van der Waals surface area contributed by atoms with Gasteiger partial charge < -0.3 is 10.8 Å². The van der Waals surface area contributed by atoms with Crippen LogP contribution in [0.2, 0.25) is 0 Å². The van der Waals surface area contributed by atoms with Crippen LogP contribution in [0.1, 0.15) is 18.4 Å². The number of sulfonamides is 1.